The van der Waals surface area contributed by atoms with Crippen molar-refractivity contribution in [2.75, 3.05) is 0 Å². The zero-order valence-electron chi connectivity index (χ0n) is 13.3. The lowest BCUT2D eigenvalue weighted by Crippen LogP contribution is -2.19. The maximum Gasteiger partial charge on any atom is 0.275 e. The summed E-state index contributed by atoms with van der Waals surface area (Å²) in [7, 11) is 0. The first kappa shape index (κ1) is 17.0. The van der Waals surface area contributed by atoms with Gasteiger partial charge >= 0.3 is 0 Å². The fourth-order valence-electron chi connectivity index (χ4n) is 2.46. The summed E-state index contributed by atoms with van der Waals surface area (Å²) in [5.41, 5.74) is 3.48. The Morgan fingerprint density at radius 2 is 1.64 bits per heavy atom. The van der Waals surface area contributed by atoms with Crippen LogP contribution >= 0.6 is 15.9 Å². The number of nitrogens with one attached hydrogen (secondary N) is 1. The predicted molar refractivity (Wildman–Crippen MR) is 101 cm³/mol. The molecule has 0 saturated carbocycles. The van der Waals surface area contributed by atoms with E-state index in [1.54, 1.807) is 31.2 Å². The molecule has 0 aliphatic rings. The number of halogens is 1. The maximum atomic E-state index is 12.3. The number of carbonyl (C=O) groups excluding carboxylic acids is 1. The zero-order chi connectivity index (χ0) is 18.0. The van der Waals surface area contributed by atoms with Crippen molar-refractivity contribution in [2.45, 2.75) is 6.92 Å². The monoisotopic (exact) mass is 398 g/mol. The molecule has 3 aromatic rings. The minimum atomic E-state index is -0.530. The first-order chi connectivity index (χ1) is 12.0. The van der Waals surface area contributed by atoms with Crippen LogP contribution in [0.5, 0.6) is 11.5 Å². The van der Waals surface area contributed by atoms with Gasteiger partial charge in [0.05, 0.1) is 11.3 Å². The third-order valence-corrected chi connectivity index (χ3v) is 4.28. The Morgan fingerprint density at radius 3 is 2.36 bits per heavy atom. The van der Waals surface area contributed by atoms with E-state index in [1.807, 2.05) is 24.3 Å². The lowest BCUT2D eigenvalue weighted by molar-refractivity contribution is 0.0952. The summed E-state index contributed by atoms with van der Waals surface area (Å²) < 4.78 is 0.786. The third-order valence-electron chi connectivity index (χ3n) is 3.78. The van der Waals surface area contributed by atoms with Crippen molar-refractivity contribution in [3.05, 3.63) is 70.2 Å². The van der Waals surface area contributed by atoms with Crippen LogP contribution < -0.4 is 5.43 Å². The number of rotatable bonds is 3. The zero-order valence-corrected chi connectivity index (χ0v) is 14.9. The molecule has 1 amide bonds. The van der Waals surface area contributed by atoms with Gasteiger partial charge in [0.2, 0.25) is 0 Å². The molecule has 0 atom stereocenters. The van der Waals surface area contributed by atoms with Crippen molar-refractivity contribution in [3.8, 4) is 11.5 Å². The summed E-state index contributed by atoms with van der Waals surface area (Å²) in [5, 5.41) is 25.7. The quantitative estimate of drug-likeness (QED) is 0.457. The Hall–Kier alpha value is -2.86. The Kier molecular flexibility index (Phi) is 4.72. The molecule has 3 N–H and O–H groups in total. The SMILES string of the molecule is C/C(=N\NC(=O)c1cc2ccccc2cc1O)c1cc(Br)ccc1O. The van der Waals surface area contributed by atoms with Crippen molar-refractivity contribution < 1.29 is 15.0 Å². The number of fused-ring (bicyclic) bond motifs is 1. The standard InChI is InChI=1S/C19H15BrN2O3/c1-11(15-10-14(20)6-7-17(15)23)21-22-19(25)16-8-12-4-2-3-5-13(12)9-18(16)24/h2-10,23-24H,1H3,(H,22,25)/b21-11+. The third kappa shape index (κ3) is 3.64. The Balaban J connectivity index is 1.87. The summed E-state index contributed by atoms with van der Waals surface area (Å²) >= 11 is 3.33. The second kappa shape index (κ2) is 6.94. The molecule has 0 saturated heterocycles. The molecule has 0 bridgehead atoms. The minimum Gasteiger partial charge on any atom is -0.507 e. The van der Waals surface area contributed by atoms with E-state index in [4.69, 9.17) is 0 Å². The second-order valence-corrected chi connectivity index (χ2v) is 6.43. The molecular weight excluding hydrogens is 384 g/mol. The molecule has 0 spiro atoms. The highest BCUT2D eigenvalue weighted by molar-refractivity contribution is 9.10. The molecule has 126 valence electrons. The average Bonchev–Trinajstić information content (AvgIpc) is 2.60. The molecule has 3 aromatic carbocycles. The van der Waals surface area contributed by atoms with Crippen LogP contribution in [0.15, 0.2) is 64.2 Å². The maximum absolute atomic E-state index is 12.3. The summed E-state index contributed by atoms with van der Waals surface area (Å²) in [4.78, 5) is 12.3. The number of phenolic OH excluding ortho intramolecular Hbond substituents is 2. The van der Waals surface area contributed by atoms with Gasteiger partial charge in [-0.25, -0.2) is 5.43 Å². The van der Waals surface area contributed by atoms with Crippen molar-refractivity contribution in [2.24, 2.45) is 5.10 Å². The van der Waals surface area contributed by atoms with Crippen LogP contribution in [0.1, 0.15) is 22.8 Å². The van der Waals surface area contributed by atoms with Gasteiger partial charge in [-0.3, -0.25) is 4.79 Å². The fourth-order valence-corrected chi connectivity index (χ4v) is 2.82. The first-order valence-electron chi connectivity index (χ1n) is 7.51. The topological polar surface area (TPSA) is 81.9 Å². The van der Waals surface area contributed by atoms with Gasteiger partial charge in [-0.2, -0.15) is 5.10 Å². The van der Waals surface area contributed by atoms with Gasteiger partial charge in [-0.05, 0) is 48.0 Å². The van der Waals surface area contributed by atoms with Crippen LogP contribution in [0.25, 0.3) is 10.8 Å². The number of hydrogen-bond acceptors (Lipinski definition) is 4. The van der Waals surface area contributed by atoms with Crippen molar-refractivity contribution >= 4 is 38.3 Å². The molecule has 0 unspecified atom stereocenters. The highest BCUT2D eigenvalue weighted by Gasteiger charge is 2.13. The van der Waals surface area contributed by atoms with E-state index in [2.05, 4.69) is 26.5 Å². The van der Waals surface area contributed by atoms with E-state index >= 15 is 0 Å². The molecular formula is C19H15BrN2O3. The summed E-state index contributed by atoms with van der Waals surface area (Å²) in [6.45, 7) is 1.67. The molecule has 25 heavy (non-hydrogen) atoms. The van der Waals surface area contributed by atoms with E-state index in [9.17, 15) is 15.0 Å². The van der Waals surface area contributed by atoms with Crippen LogP contribution in [-0.2, 0) is 0 Å². The summed E-state index contributed by atoms with van der Waals surface area (Å²) in [6, 6.07) is 15.5. The average molecular weight is 399 g/mol. The van der Waals surface area contributed by atoms with Crippen molar-refractivity contribution in [1.82, 2.24) is 5.43 Å². The molecule has 0 aliphatic carbocycles. The molecule has 0 aliphatic heterocycles. The molecule has 0 heterocycles. The molecule has 5 nitrogen and oxygen atoms in total. The molecule has 0 fully saturated rings. The highest BCUT2D eigenvalue weighted by Crippen LogP contribution is 2.25. The minimum absolute atomic E-state index is 0.0623. The van der Waals surface area contributed by atoms with E-state index in [1.165, 1.54) is 6.07 Å². The van der Waals surface area contributed by atoms with Crippen molar-refractivity contribution in [3.63, 3.8) is 0 Å². The second-order valence-electron chi connectivity index (χ2n) is 5.52. The van der Waals surface area contributed by atoms with Crippen LogP contribution in [0, 0.1) is 0 Å². The van der Waals surface area contributed by atoms with Gasteiger partial charge in [-0.15, -0.1) is 0 Å². The fraction of sp³-hybridized carbons (Fsp3) is 0.0526. The van der Waals surface area contributed by atoms with Gasteiger partial charge in [0.15, 0.2) is 0 Å². The van der Waals surface area contributed by atoms with Crippen LogP contribution in [-0.4, -0.2) is 21.8 Å². The number of benzene rings is 3. The van der Waals surface area contributed by atoms with E-state index < -0.39 is 5.91 Å². The van der Waals surface area contributed by atoms with Gasteiger partial charge in [0.25, 0.3) is 5.91 Å². The molecule has 3 rings (SSSR count). The smallest absolute Gasteiger partial charge is 0.275 e. The number of carbonyl (C=O) groups is 1. The van der Waals surface area contributed by atoms with Crippen LogP contribution in [0.2, 0.25) is 0 Å². The molecule has 0 aromatic heterocycles. The lowest BCUT2D eigenvalue weighted by Gasteiger charge is -2.08. The Labute approximate surface area is 152 Å². The molecule has 6 heteroatoms. The van der Waals surface area contributed by atoms with E-state index in [-0.39, 0.29) is 17.1 Å². The lowest BCUT2D eigenvalue weighted by atomic mass is 10.1. The van der Waals surface area contributed by atoms with Crippen molar-refractivity contribution in [1.29, 1.82) is 0 Å². The Bertz CT molecular complexity index is 999. The summed E-state index contributed by atoms with van der Waals surface area (Å²) in [5.74, 6) is -0.585. The number of nitrogens with zero attached hydrogens (tertiary/aromatic N) is 1. The number of amides is 1. The number of hydrogen-bond donors (Lipinski definition) is 3. The summed E-state index contributed by atoms with van der Waals surface area (Å²) in [6.07, 6.45) is 0. The normalized spacial score (nSPS) is 11.5. The largest absolute Gasteiger partial charge is 0.507 e. The van der Waals surface area contributed by atoms with Gasteiger partial charge in [-0.1, -0.05) is 40.2 Å². The number of phenols is 2. The Morgan fingerprint density at radius 1 is 0.960 bits per heavy atom. The van der Waals surface area contributed by atoms with E-state index in [0.717, 1.165) is 15.2 Å². The highest BCUT2D eigenvalue weighted by atomic mass is 79.9. The van der Waals surface area contributed by atoms with Gasteiger partial charge < -0.3 is 10.2 Å². The van der Waals surface area contributed by atoms with Gasteiger partial charge in [0.1, 0.15) is 11.5 Å². The van der Waals surface area contributed by atoms with E-state index in [0.29, 0.717) is 11.3 Å². The van der Waals surface area contributed by atoms with Crippen LogP contribution in [0.3, 0.4) is 0 Å². The van der Waals surface area contributed by atoms with Crippen LogP contribution in [0.4, 0.5) is 0 Å². The number of aromatic hydroxyl groups is 2. The van der Waals surface area contributed by atoms with Gasteiger partial charge in [0, 0.05) is 10.0 Å². The number of hydrazone groups is 1. The predicted octanol–water partition coefficient (Wildman–Crippen LogP) is 4.17. The first-order valence-corrected chi connectivity index (χ1v) is 8.30. The molecule has 0 radical (unpaired) electrons.